The zero-order chi connectivity index (χ0) is 19.7. The van der Waals surface area contributed by atoms with Crippen LogP contribution in [0, 0.1) is 11.3 Å². The lowest BCUT2D eigenvalue weighted by atomic mass is 9.46. The van der Waals surface area contributed by atoms with Crippen molar-refractivity contribution in [1.29, 1.82) is 0 Å². The Morgan fingerprint density at radius 1 is 1.24 bits per heavy atom. The molecule has 2 N–H and O–H groups in total. The van der Waals surface area contributed by atoms with Gasteiger partial charge in [0.25, 0.3) is 0 Å². The molecule has 4 aliphatic rings. The highest BCUT2D eigenvalue weighted by Crippen LogP contribution is 2.62. The normalized spacial score (nSPS) is 31.8. The minimum Gasteiger partial charge on any atom is -0.377 e. The number of fused-ring (bicyclic) bond motifs is 2. The van der Waals surface area contributed by atoms with Crippen molar-refractivity contribution < 1.29 is 4.74 Å². The summed E-state index contributed by atoms with van der Waals surface area (Å²) in [5.74, 6) is 1.71. The Hall–Kier alpha value is -1.66. The van der Waals surface area contributed by atoms with Gasteiger partial charge in [0.05, 0.1) is 11.8 Å². The largest absolute Gasteiger partial charge is 0.377 e. The van der Waals surface area contributed by atoms with Crippen LogP contribution in [0.1, 0.15) is 51.1 Å². The Morgan fingerprint density at radius 3 is 2.79 bits per heavy atom. The third kappa shape index (κ3) is 3.66. The maximum absolute atomic E-state index is 6.08. The lowest BCUT2D eigenvalue weighted by molar-refractivity contribution is -0.171. The summed E-state index contributed by atoms with van der Waals surface area (Å²) in [7, 11) is 0. The van der Waals surface area contributed by atoms with E-state index in [4.69, 9.17) is 9.73 Å². The SMILES string of the molecule is CCN=C(NC1CCN(Cc2ccccn2)CC1)NC1C2CCOC2C12CCC2. The fourth-order valence-corrected chi connectivity index (χ4v) is 6.04. The summed E-state index contributed by atoms with van der Waals surface area (Å²) in [5, 5.41) is 7.61. The van der Waals surface area contributed by atoms with Crippen molar-refractivity contribution in [2.75, 3.05) is 26.2 Å². The fourth-order valence-electron chi connectivity index (χ4n) is 6.04. The van der Waals surface area contributed by atoms with Crippen LogP contribution in [0.15, 0.2) is 29.4 Å². The van der Waals surface area contributed by atoms with Crippen molar-refractivity contribution in [3.05, 3.63) is 30.1 Å². The molecule has 2 aliphatic carbocycles. The number of ether oxygens (including phenoxy) is 1. The first kappa shape index (κ1) is 19.3. The Labute approximate surface area is 174 Å². The van der Waals surface area contributed by atoms with E-state index in [1.54, 1.807) is 0 Å². The lowest BCUT2D eigenvalue weighted by Gasteiger charge is -2.63. The van der Waals surface area contributed by atoms with Crippen molar-refractivity contribution in [3.8, 4) is 0 Å². The fraction of sp³-hybridized carbons (Fsp3) is 0.739. The molecule has 2 saturated heterocycles. The third-order valence-corrected chi connectivity index (χ3v) is 7.68. The van der Waals surface area contributed by atoms with Crippen LogP contribution in [0.4, 0.5) is 0 Å². The second kappa shape index (κ2) is 8.23. The zero-order valence-electron chi connectivity index (χ0n) is 17.6. The molecule has 2 saturated carbocycles. The molecule has 2 aliphatic heterocycles. The van der Waals surface area contributed by atoms with E-state index < -0.39 is 0 Å². The third-order valence-electron chi connectivity index (χ3n) is 7.68. The number of guanidine groups is 1. The van der Waals surface area contributed by atoms with Crippen molar-refractivity contribution in [3.63, 3.8) is 0 Å². The predicted molar refractivity (Wildman–Crippen MR) is 115 cm³/mol. The van der Waals surface area contributed by atoms with Crippen LogP contribution >= 0.6 is 0 Å². The number of nitrogens with one attached hydrogen (secondary N) is 2. The molecule has 29 heavy (non-hydrogen) atoms. The first-order chi connectivity index (χ1) is 14.3. The van der Waals surface area contributed by atoms with Gasteiger partial charge < -0.3 is 15.4 Å². The summed E-state index contributed by atoms with van der Waals surface area (Å²) < 4.78 is 6.08. The van der Waals surface area contributed by atoms with E-state index in [1.165, 1.54) is 25.7 Å². The van der Waals surface area contributed by atoms with E-state index in [0.717, 1.165) is 57.3 Å². The van der Waals surface area contributed by atoms with E-state index in [1.807, 2.05) is 12.3 Å². The van der Waals surface area contributed by atoms with Gasteiger partial charge in [-0.1, -0.05) is 12.5 Å². The van der Waals surface area contributed by atoms with Crippen LogP contribution in [0.5, 0.6) is 0 Å². The number of aliphatic imine (C=N–C) groups is 1. The number of hydrogen-bond donors (Lipinski definition) is 2. The molecule has 0 amide bonds. The Kier molecular flexibility index (Phi) is 5.48. The minimum atomic E-state index is 0.392. The molecular formula is C23H35N5O. The zero-order valence-corrected chi connectivity index (χ0v) is 17.6. The second-order valence-corrected chi connectivity index (χ2v) is 9.29. The average Bonchev–Trinajstić information content (AvgIpc) is 3.12. The molecule has 4 fully saturated rings. The summed E-state index contributed by atoms with van der Waals surface area (Å²) in [6.07, 6.45) is 9.89. The second-order valence-electron chi connectivity index (χ2n) is 9.29. The summed E-state index contributed by atoms with van der Waals surface area (Å²) >= 11 is 0. The van der Waals surface area contributed by atoms with Gasteiger partial charge in [-0.3, -0.25) is 14.9 Å². The van der Waals surface area contributed by atoms with Crippen molar-refractivity contribution in [2.45, 2.75) is 70.2 Å². The smallest absolute Gasteiger partial charge is 0.191 e. The van der Waals surface area contributed by atoms with Crippen molar-refractivity contribution >= 4 is 5.96 Å². The molecule has 3 heterocycles. The van der Waals surface area contributed by atoms with Crippen LogP contribution in [0.25, 0.3) is 0 Å². The average molecular weight is 398 g/mol. The van der Waals surface area contributed by atoms with Crippen molar-refractivity contribution in [2.24, 2.45) is 16.3 Å². The first-order valence-electron chi connectivity index (χ1n) is 11.6. The lowest BCUT2D eigenvalue weighted by Crippen LogP contribution is -2.72. The Bertz CT molecular complexity index is 711. The van der Waals surface area contributed by atoms with Crippen LogP contribution < -0.4 is 10.6 Å². The standard InChI is InChI=1S/C23H35N5O/c1-2-24-22(27-20-19-9-15-29-21(19)23(20)10-5-11-23)26-17-7-13-28(14-8-17)16-18-6-3-4-12-25-18/h3-4,6,12,17,19-21H,2,5,7-11,13-16H2,1H3,(H2,24,26,27). The van der Waals surface area contributed by atoms with Gasteiger partial charge in [0.2, 0.25) is 0 Å². The van der Waals surface area contributed by atoms with Gasteiger partial charge in [0, 0.05) is 62.4 Å². The summed E-state index contributed by atoms with van der Waals surface area (Å²) in [6.45, 7) is 7.06. The number of likely N-dealkylation sites (tertiary alicyclic amines) is 1. The number of piperidine rings is 1. The summed E-state index contributed by atoms with van der Waals surface area (Å²) in [6, 6.07) is 7.23. The number of pyridine rings is 1. The quantitative estimate of drug-likeness (QED) is 0.591. The molecule has 0 radical (unpaired) electrons. The molecule has 1 aromatic rings. The van der Waals surface area contributed by atoms with E-state index in [-0.39, 0.29) is 0 Å². The highest BCUT2D eigenvalue weighted by Gasteiger charge is 2.66. The van der Waals surface area contributed by atoms with Gasteiger partial charge in [-0.2, -0.15) is 0 Å². The molecule has 6 heteroatoms. The Morgan fingerprint density at radius 2 is 2.10 bits per heavy atom. The summed E-state index contributed by atoms with van der Waals surface area (Å²) in [4.78, 5) is 11.8. The number of rotatable bonds is 5. The Balaban J connectivity index is 1.15. The van der Waals surface area contributed by atoms with Crippen LogP contribution in [0.3, 0.4) is 0 Å². The first-order valence-corrected chi connectivity index (χ1v) is 11.6. The van der Waals surface area contributed by atoms with Gasteiger partial charge in [-0.05, 0) is 51.2 Å². The molecule has 6 nitrogen and oxygen atoms in total. The molecule has 0 bridgehead atoms. The van der Waals surface area contributed by atoms with E-state index in [9.17, 15) is 0 Å². The van der Waals surface area contributed by atoms with Crippen molar-refractivity contribution in [1.82, 2.24) is 20.5 Å². The van der Waals surface area contributed by atoms with Gasteiger partial charge in [0.15, 0.2) is 5.96 Å². The molecule has 1 aromatic heterocycles. The maximum atomic E-state index is 6.08. The van der Waals surface area contributed by atoms with Gasteiger partial charge >= 0.3 is 0 Å². The van der Waals surface area contributed by atoms with Crippen LogP contribution in [-0.2, 0) is 11.3 Å². The van der Waals surface area contributed by atoms with E-state index in [2.05, 4.69) is 39.6 Å². The summed E-state index contributed by atoms with van der Waals surface area (Å²) in [5.41, 5.74) is 1.56. The molecule has 0 aromatic carbocycles. The molecular weight excluding hydrogens is 362 g/mol. The van der Waals surface area contributed by atoms with Gasteiger partial charge in [-0.15, -0.1) is 0 Å². The monoisotopic (exact) mass is 397 g/mol. The van der Waals surface area contributed by atoms with Gasteiger partial charge in [-0.25, -0.2) is 0 Å². The predicted octanol–water partition coefficient (Wildman–Crippen LogP) is 2.56. The van der Waals surface area contributed by atoms with Gasteiger partial charge in [0.1, 0.15) is 0 Å². The number of aromatic nitrogens is 1. The molecule has 3 atom stereocenters. The van der Waals surface area contributed by atoms with Crippen LogP contribution in [0.2, 0.25) is 0 Å². The highest BCUT2D eigenvalue weighted by atomic mass is 16.5. The van der Waals surface area contributed by atoms with E-state index in [0.29, 0.717) is 29.5 Å². The highest BCUT2D eigenvalue weighted by molar-refractivity contribution is 5.80. The topological polar surface area (TPSA) is 61.8 Å². The van der Waals surface area contributed by atoms with E-state index >= 15 is 0 Å². The molecule has 3 unspecified atom stereocenters. The maximum Gasteiger partial charge on any atom is 0.191 e. The molecule has 5 rings (SSSR count). The molecule has 1 spiro atoms. The van der Waals surface area contributed by atoms with Crippen LogP contribution in [-0.4, -0.2) is 60.3 Å². The molecule has 158 valence electrons. The minimum absolute atomic E-state index is 0.392. The number of hydrogen-bond acceptors (Lipinski definition) is 4. The number of nitrogens with zero attached hydrogens (tertiary/aromatic N) is 3.